The second-order valence-corrected chi connectivity index (χ2v) is 6.44. The number of ether oxygens (including phenoxy) is 1. The van der Waals surface area contributed by atoms with E-state index < -0.39 is 5.97 Å². The number of amides is 1. The van der Waals surface area contributed by atoms with E-state index in [1.54, 1.807) is 19.2 Å². The molecule has 0 spiro atoms. The number of nitrogens with zero attached hydrogens (tertiary/aromatic N) is 1. The van der Waals surface area contributed by atoms with E-state index in [0.29, 0.717) is 11.6 Å². The summed E-state index contributed by atoms with van der Waals surface area (Å²) in [6.07, 6.45) is 1.90. The predicted octanol–water partition coefficient (Wildman–Crippen LogP) is 3.88. The summed E-state index contributed by atoms with van der Waals surface area (Å²) in [5, 5.41) is 0.308. The van der Waals surface area contributed by atoms with Crippen LogP contribution in [0.15, 0.2) is 53.4 Å². The Morgan fingerprint density at radius 2 is 1.88 bits per heavy atom. The number of carbonyl (C=O) groups is 2. The van der Waals surface area contributed by atoms with Gasteiger partial charge in [0, 0.05) is 18.5 Å². The molecule has 0 aliphatic carbocycles. The minimum absolute atomic E-state index is 0.266. The standard InChI is InChI=1S/C18H18ClNO3S/c1-20(11-13-6-4-3-5-7-13)17(21)12-23-18(22)15-10-14(24-2)8-9-16(15)19/h3-10H,11-12H2,1-2H3. The lowest BCUT2D eigenvalue weighted by atomic mass is 10.2. The number of hydrogen-bond acceptors (Lipinski definition) is 4. The van der Waals surface area contributed by atoms with Crippen molar-refractivity contribution in [3.63, 3.8) is 0 Å². The van der Waals surface area contributed by atoms with Gasteiger partial charge in [0.2, 0.25) is 0 Å². The molecule has 0 atom stereocenters. The summed E-state index contributed by atoms with van der Waals surface area (Å²) in [5.74, 6) is -0.873. The van der Waals surface area contributed by atoms with Gasteiger partial charge in [-0.05, 0) is 30.0 Å². The summed E-state index contributed by atoms with van der Waals surface area (Å²) in [4.78, 5) is 26.7. The average Bonchev–Trinajstić information content (AvgIpc) is 2.60. The van der Waals surface area contributed by atoms with Crippen LogP contribution in [0.1, 0.15) is 15.9 Å². The fourth-order valence-electron chi connectivity index (χ4n) is 2.05. The molecule has 0 aromatic heterocycles. The highest BCUT2D eigenvalue weighted by Crippen LogP contribution is 2.23. The van der Waals surface area contributed by atoms with E-state index in [-0.39, 0.29) is 18.1 Å². The average molecular weight is 364 g/mol. The number of benzene rings is 2. The zero-order valence-corrected chi connectivity index (χ0v) is 15.1. The third kappa shape index (κ3) is 5.01. The van der Waals surface area contributed by atoms with Gasteiger partial charge in [0.15, 0.2) is 6.61 Å². The Morgan fingerprint density at radius 1 is 1.17 bits per heavy atom. The Morgan fingerprint density at radius 3 is 2.54 bits per heavy atom. The molecule has 0 aliphatic rings. The van der Waals surface area contributed by atoms with Crippen LogP contribution in [0, 0.1) is 0 Å². The molecule has 24 heavy (non-hydrogen) atoms. The lowest BCUT2D eigenvalue weighted by molar-refractivity contribution is -0.133. The van der Waals surface area contributed by atoms with Crippen molar-refractivity contribution < 1.29 is 14.3 Å². The minimum atomic E-state index is -0.600. The third-order valence-electron chi connectivity index (χ3n) is 3.41. The fraction of sp³-hybridized carbons (Fsp3) is 0.222. The van der Waals surface area contributed by atoms with Crippen LogP contribution in [0.3, 0.4) is 0 Å². The first-order valence-electron chi connectivity index (χ1n) is 7.30. The molecule has 0 unspecified atom stereocenters. The summed E-state index contributed by atoms with van der Waals surface area (Å²) < 4.78 is 5.11. The van der Waals surface area contributed by atoms with Gasteiger partial charge in [-0.25, -0.2) is 4.79 Å². The highest BCUT2D eigenvalue weighted by Gasteiger charge is 2.16. The largest absolute Gasteiger partial charge is 0.452 e. The second kappa shape index (κ2) is 8.76. The zero-order chi connectivity index (χ0) is 17.5. The number of halogens is 1. The van der Waals surface area contributed by atoms with E-state index in [0.717, 1.165) is 10.5 Å². The molecule has 4 nitrogen and oxygen atoms in total. The Labute approximate surface area is 150 Å². The van der Waals surface area contributed by atoms with E-state index >= 15 is 0 Å². The van der Waals surface area contributed by atoms with Gasteiger partial charge in [0.05, 0.1) is 10.6 Å². The molecule has 126 valence electrons. The summed E-state index contributed by atoms with van der Waals surface area (Å²) in [6, 6.07) is 14.7. The number of carbonyl (C=O) groups excluding carboxylic acids is 2. The van der Waals surface area contributed by atoms with E-state index in [9.17, 15) is 9.59 Å². The van der Waals surface area contributed by atoms with Crippen LogP contribution in [-0.4, -0.2) is 36.7 Å². The molecule has 6 heteroatoms. The molecule has 0 bridgehead atoms. The van der Waals surface area contributed by atoms with Gasteiger partial charge in [0.1, 0.15) is 0 Å². The number of thioether (sulfide) groups is 1. The maximum atomic E-state index is 12.1. The maximum Gasteiger partial charge on any atom is 0.340 e. The lowest BCUT2D eigenvalue weighted by Gasteiger charge is -2.17. The van der Waals surface area contributed by atoms with Crippen LogP contribution in [0.4, 0.5) is 0 Å². The fourth-order valence-corrected chi connectivity index (χ4v) is 2.68. The van der Waals surface area contributed by atoms with Gasteiger partial charge >= 0.3 is 5.97 Å². The van der Waals surface area contributed by atoms with E-state index in [2.05, 4.69) is 0 Å². The van der Waals surface area contributed by atoms with Gasteiger partial charge in [-0.3, -0.25) is 4.79 Å². The summed E-state index contributed by atoms with van der Waals surface area (Å²) >= 11 is 7.53. The molecule has 0 N–H and O–H groups in total. The highest BCUT2D eigenvalue weighted by molar-refractivity contribution is 7.98. The number of hydrogen-bond donors (Lipinski definition) is 0. The molecule has 0 saturated carbocycles. The van der Waals surface area contributed by atoms with Crippen molar-refractivity contribution in [1.29, 1.82) is 0 Å². The highest BCUT2D eigenvalue weighted by atomic mass is 35.5. The van der Waals surface area contributed by atoms with Gasteiger partial charge in [-0.1, -0.05) is 41.9 Å². The Kier molecular flexibility index (Phi) is 6.70. The van der Waals surface area contributed by atoms with Crippen molar-refractivity contribution in [3.8, 4) is 0 Å². The summed E-state index contributed by atoms with van der Waals surface area (Å²) in [6.45, 7) is 0.141. The Balaban J connectivity index is 1.92. The van der Waals surface area contributed by atoms with Crippen LogP contribution in [-0.2, 0) is 16.1 Å². The summed E-state index contributed by atoms with van der Waals surface area (Å²) in [7, 11) is 1.67. The minimum Gasteiger partial charge on any atom is -0.452 e. The first kappa shape index (κ1) is 18.4. The number of esters is 1. The number of rotatable bonds is 6. The predicted molar refractivity (Wildman–Crippen MR) is 96.4 cm³/mol. The Hall–Kier alpha value is -1.98. The molecule has 2 aromatic carbocycles. The smallest absolute Gasteiger partial charge is 0.340 e. The normalized spacial score (nSPS) is 10.3. The first-order valence-corrected chi connectivity index (χ1v) is 8.90. The SMILES string of the molecule is CSc1ccc(Cl)c(C(=O)OCC(=O)N(C)Cc2ccccc2)c1. The van der Waals surface area contributed by atoms with Crippen LogP contribution < -0.4 is 0 Å². The van der Waals surface area contributed by atoms with Crippen LogP contribution in [0.5, 0.6) is 0 Å². The Bertz CT molecular complexity index is 721. The van der Waals surface area contributed by atoms with E-state index in [1.165, 1.54) is 16.7 Å². The zero-order valence-electron chi connectivity index (χ0n) is 13.5. The van der Waals surface area contributed by atoms with Crippen molar-refractivity contribution in [2.45, 2.75) is 11.4 Å². The summed E-state index contributed by atoms with van der Waals surface area (Å²) in [5.41, 5.74) is 1.28. The maximum absolute atomic E-state index is 12.1. The third-order valence-corrected chi connectivity index (χ3v) is 4.46. The van der Waals surface area contributed by atoms with Crippen LogP contribution >= 0.6 is 23.4 Å². The van der Waals surface area contributed by atoms with E-state index in [1.807, 2.05) is 42.7 Å². The van der Waals surface area contributed by atoms with Gasteiger partial charge < -0.3 is 9.64 Å². The molecule has 0 fully saturated rings. The molecular weight excluding hydrogens is 346 g/mol. The van der Waals surface area contributed by atoms with Crippen LogP contribution in [0.25, 0.3) is 0 Å². The lowest BCUT2D eigenvalue weighted by Crippen LogP contribution is -2.30. The molecule has 1 amide bonds. The molecule has 0 saturated heterocycles. The second-order valence-electron chi connectivity index (χ2n) is 5.16. The van der Waals surface area contributed by atoms with Crippen molar-refractivity contribution in [2.75, 3.05) is 19.9 Å². The number of likely N-dealkylation sites (N-methyl/N-ethyl adjacent to an activating group) is 1. The monoisotopic (exact) mass is 363 g/mol. The molecular formula is C18H18ClNO3S. The van der Waals surface area contributed by atoms with Crippen LogP contribution in [0.2, 0.25) is 5.02 Å². The molecule has 0 heterocycles. The van der Waals surface area contributed by atoms with E-state index in [4.69, 9.17) is 16.3 Å². The topological polar surface area (TPSA) is 46.6 Å². The van der Waals surface area contributed by atoms with Gasteiger partial charge in [-0.15, -0.1) is 11.8 Å². The quantitative estimate of drug-likeness (QED) is 0.577. The van der Waals surface area contributed by atoms with Crippen molar-refractivity contribution >= 4 is 35.2 Å². The molecule has 0 radical (unpaired) electrons. The van der Waals surface area contributed by atoms with Gasteiger partial charge in [0.25, 0.3) is 5.91 Å². The van der Waals surface area contributed by atoms with Crippen molar-refractivity contribution in [1.82, 2.24) is 4.90 Å². The van der Waals surface area contributed by atoms with Crippen molar-refractivity contribution in [2.24, 2.45) is 0 Å². The molecule has 0 aliphatic heterocycles. The first-order chi connectivity index (χ1) is 11.5. The van der Waals surface area contributed by atoms with Gasteiger partial charge in [-0.2, -0.15) is 0 Å². The molecule has 2 aromatic rings. The molecule has 2 rings (SSSR count). The van der Waals surface area contributed by atoms with Crippen molar-refractivity contribution in [3.05, 3.63) is 64.7 Å².